The van der Waals surface area contributed by atoms with E-state index < -0.39 is 0 Å². The van der Waals surface area contributed by atoms with E-state index in [1.54, 1.807) is 16.7 Å². The van der Waals surface area contributed by atoms with Crippen molar-refractivity contribution in [2.75, 3.05) is 38.8 Å². The predicted molar refractivity (Wildman–Crippen MR) is 104 cm³/mol. The first-order chi connectivity index (χ1) is 11.7. The van der Waals surface area contributed by atoms with Gasteiger partial charge in [-0.2, -0.15) is 0 Å². The summed E-state index contributed by atoms with van der Waals surface area (Å²) in [6, 6.07) is 7.35. The normalized spacial score (nSPS) is 17.8. The van der Waals surface area contributed by atoms with Crippen LogP contribution < -0.4 is 5.32 Å². The van der Waals surface area contributed by atoms with Crippen LogP contribution in [0, 0.1) is 0 Å². The third kappa shape index (κ3) is 5.22. The van der Waals surface area contributed by atoms with Crippen LogP contribution >= 0.6 is 11.8 Å². The topological polar surface area (TPSA) is 52.7 Å². The highest BCUT2D eigenvalue weighted by atomic mass is 32.2. The lowest BCUT2D eigenvalue weighted by Gasteiger charge is -2.24. The molecule has 0 spiro atoms. The minimum Gasteiger partial charge on any atom is -0.353 e. The Kier molecular flexibility index (Phi) is 6.52. The lowest BCUT2D eigenvalue weighted by Crippen LogP contribution is -2.48. The van der Waals surface area contributed by atoms with E-state index >= 15 is 0 Å². The minimum atomic E-state index is -0.387. The molecule has 5 nitrogen and oxygen atoms in total. The average Bonchev–Trinajstić information content (AvgIpc) is 3.02. The highest BCUT2D eigenvalue weighted by Gasteiger charge is 2.35. The largest absolute Gasteiger partial charge is 0.353 e. The molecular formula is C19H29N3O2S. The second-order valence-electron chi connectivity index (χ2n) is 7.71. The maximum Gasteiger partial charge on any atom is 0.255 e. The fourth-order valence-electron chi connectivity index (χ4n) is 2.66. The summed E-state index contributed by atoms with van der Waals surface area (Å²) in [7, 11) is 3.93. The number of thioether (sulfide) groups is 1. The van der Waals surface area contributed by atoms with Gasteiger partial charge < -0.3 is 15.1 Å². The summed E-state index contributed by atoms with van der Waals surface area (Å²) in [4.78, 5) is 29.0. The molecule has 0 aliphatic carbocycles. The molecular weight excluding hydrogens is 334 g/mol. The van der Waals surface area contributed by atoms with E-state index in [4.69, 9.17) is 0 Å². The van der Waals surface area contributed by atoms with Crippen molar-refractivity contribution >= 4 is 23.6 Å². The van der Waals surface area contributed by atoms with E-state index in [1.807, 2.05) is 43.3 Å². The number of carbonyl (C=O) groups is 2. The monoisotopic (exact) mass is 363 g/mol. The Morgan fingerprint density at radius 1 is 1.24 bits per heavy atom. The highest BCUT2D eigenvalue weighted by molar-refractivity contribution is 7.99. The van der Waals surface area contributed by atoms with Crippen LogP contribution in [0.1, 0.15) is 36.7 Å². The molecule has 138 valence electrons. The van der Waals surface area contributed by atoms with Gasteiger partial charge in [0.1, 0.15) is 6.04 Å². The molecule has 25 heavy (non-hydrogen) atoms. The first kappa shape index (κ1) is 19.8. The Balaban J connectivity index is 2.03. The molecule has 1 aromatic rings. The van der Waals surface area contributed by atoms with E-state index in [2.05, 4.69) is 26.1 Å². The minimum absolute atomic E-state index is 0.0555. The molecule has 1 unspecified atom stereocenters. The Hall–Kier alpha value is -1.53. The smallest absolute Gasteiger partial charge is 0.255 e. The SMILES string of the molecule is CN(C)CCNC(=O)C1CSCN1C(=O)c1ccc(C(C)(C)C)cc1. The van der Waals surface area contributed by atoms with Gasteiger partial charge in [0.2, 0.25) is 5.91 Å². The lowest BCUT2D eigenvalue weighted by atomic mass is 9.86. The lowest BCUT2D eigenvalue weighted by molar-refractivity contribution is -0.124. The van der Waals surface area contributed by atoms with E-state index in [0.717, 1.165) is 6.54 Å². The van der Waals surface area contributed by atoms with Crippen molar-refractivity contribution in [3.63, 3.8) is 0 Å². The van der Waals surface area contributed by atoms with Crippen LogP contribution in [0.15, 0.2) is 24.3 Å². The molecule has 1 N–H and O–H groups in total. The molecule has 1 aliphatic rings. The molecule has 6 heteroatoms. The van der Waals surface area contributed by atoms with Crippen LogP contribution in [-0.2, 0) is 10.2 Å². The molecule has 0 bridgehead atoms. The summed E-state index contributed by atoms with van der Waals surface area (Å²) in [6.07, 6.45) is 0. The zero-order valence-electron chi connectivity index (χ0n) is 15.8. The molecule has 1 aromatic carbocycles. The number of amides is 2. The van der Waals surface area contributed by atoms with Gasteiger partial charge in [0.25, 0.3) is 5.91 Å². The first-order valence-electron chi connectivity index (χ1n) is 8.62. The van der Waals surface area contributed by atoms with Gasteiger partial charge in [-0.05, 0) is 37.2 Å². The Bertz CT molecular complexity index is 608. The highest BCUT2D eigenvalue weighted by Crippen LogP contribution is 2.25. The Labute approximate surface area is 155 Å². The van der Waals surface area contributed by atoms with Crippen molar-refractivity contribution in [2.24, 2.45) is 0 Å². The third-order valence-corrected chi connectivity index (χ3v) is 5.31. The molecule has 0 radical (unpaired) electrons. The molecule has 0 saturated carbocycles. The summed E-state index contributed by atoms with van der Waals surface area (Å²) >= 11 is 1.62. The van der Waals surface area contributed by atoms with Gasteiger partial charge in [0, 0.05) is 24.4 Å². The molecule has 0 aromatic heterocycles. The van der Waals surface area contributed by atoms with Crippen LogP contribution in [0.4, 0.5) is 0 Å². The number of hydrogen-bond acceptors (Lipinski definition) is 4. The van der Waals surface area contributed by atoms with E-state index in [0.29, 0.717) is 23.7 Å². The Morgan fingerprint density at radius 2 is 1.88 bits per heavy atom. The van der Waals surface area contributed by atoms with Crippen LogP contribution in [0.5, 0.6) is 0 Å². The molecule has 2 amide bonds. The van der Waals surface area contributed by atoms with Gasteiger partial charge >= 0.3 is 0 Å². The summed E-state index contributed by atoms with van der Waals surface area (Å²) in [5, 5.41) is 2.93. The number of benzene rings is 1. The Morgan fingerprint density at radius 3 is 2.44 bits per heavy atom. The standard InChI is InChI=1S/C19H29N3O2S/c1-19(2,3)15-8-6-14(7-9-15)18(24)22-13-25-12-16(22)17(23)20-10-11-21(4)5/h6-9,16H,10-13H2,1-5H3,(H,20,23). The van der Waals surface area contributed by atoms with Crippen molar-refractivity contribution in [1.29, 1.82) is 0 Å². The molecule has 1 saturated heterocycles. The van der Waals surface area contributed by atoms with Crippen LogP contribution in [0.3, 0.4) is 0 Å². The van der Waals surface area contributed by atoms with Crippen molar-refractivity contribution in [3.8, 4) is 0 Å². The summed E-state index contributed by atoms with van der Waals surface area (Å²) in [6.45, 7) is 7.82. The quantitative estimate of drug-likeness (QED) is 0.871. The molecule has 1 aliphatic heterocycles. The average molecular weight is 364 g/mol. The zero-order chi connectivity index (χ0) is 18.6. The molecule has 1 fully saturated rings. The van der Waals surface area contributed by atoms with E-state index in [9.17, 15) is 9.59 Å². The van der Waals surface area contributed by atoms with Gasteiger partial charge in [-0.25, -0.2) is 0 Å². The number of nitrogens with zero attached hydrogens (tertiary/aromatic N) is 2. The zero-order valence-corrected chi connectivity index (χ0v) is 16.7. The second kappa shape index (κ2) is 8.23. The molecule has 1 atom stereocenters. The number of carbonyl (C=O) groups excluding carboxylic acids is 2. The van der Waals surface area contributed by atoms with Gasteiger partial charge in [-0.1, -0.05) is 32.9 Å². The third-order valence-electron chi connectivity index (χ3n) is 4.30. The van der Waals surface area contributed by atoms with Crippen LogP contribution in [-0.4, -0.2) is 66.5 Å². The van der Waals surface area contributed by atoms with E-state index in [-0.39, 0.29) is 23.3 Å². The van der Waals surface area contributed by atoms with Gasteiger partial charge in [-0.3, -0.25) is 9.59 Å². The molecule has 2 rings (SSSR count). The van der Waals surface area contributed by atoms with Crippen molar-refractivity contribution in [1.82, 2.24) is 15.1 Å². The fraction of sp³-hybridized carbons (Fsp3) is 0.579. The van der Waals surface area contributed by atoms with Crippen LogP contribution in [0.25, 0.3) is 0 Å². The summed E-state index contributed by atoms with van der Waals surface area (Å²) in [5.74, 6) is 1.08. The van der Waals surface area contributed by atoms with Gasteiger partial charge in [-0.15, -0.1) is 11.8 Å². The van der Waals surface area contributed by atoms with E-state index in [1.165, 1.54) is 5.56 Å². The van der Waals surface area contributed by atoms with Crippen molar-refractivity contribution in [2.45, 2.75) is 32.2 Å². The van der Waals surface area contributed by atoms with Gasteiger partial charge in [0.15, 0.2) is 0 Å². The van der Waals surface area contributed by atoms with Crippen LogP contribution in [0.2, 0.25) is 0 Å². The fourth-order valence-corrected chi connectivity index (χ4v) is 3.81. The number of nitrogens with one attached hydrogen (secondary N) is 1. The number of hydrogen-bond donors (Lipinski definition) is 1. The summed E-state index contributed by atoms with van der Waals surface area (Å²) in [5.41, 5.74) is 1.89. The maximum atomic E-state index is 12.8. The summed E-state index contributed by atoms with van der Waals surface area (Å²) < 4.78 is 0. The predicted octanol–water partition coefficient (Wildman–Crippen LogP) is 2.18. The first-order valence-corrected chi connectivity index (χ1v) is 9.77. The second-order valence-corrected chi connectivity index (χ2v) is 8.71. The number of rotatable bonds is 5. The van der Waals surface area contributed by atoms with Crippen molar-refractivity contribution in [3.05, 3.63) is 35.4 Å². The number of likely N-dealkylation sites (N-methyl/N-ethyl adjacent to an activating group) is 1. The van der Waals surface area contributed by atoms with Gasteiger partial charge in [0.05, 0.1) is 5.88 Å². The van der Waals surface area contributed by atoms with Crippen molar-refractivity contribution < 1.29 is 9.59 Å². The maximum absolute atomic E-state index is 12.8. The molecule has 1 heterocycles.